The number of hydrogen-bond donors (Lipinski definition) is 1. The van der Waals surface area contributed by atoms with Crippen molar-refractivity contribution in [2.75, 3.05) is 0 Å². The number of carbonyl (C=O) groups excluding carboxylic acids is 1. The van der Waals surface area contributed by atoms with Crippen molar-refractivity contribution >= 4 is 13.1 Å². The molecule has 0 aromatic carbocycles. The van der Waals surface area contributed by atoms with E-state index in [0.29, 0.717) is 6.42 Å². The minimum atomic E-state index is -0.0394. The van der Waals surface area contributed by atoms with Gasteiger partial charge in [-0.3, -0.25) is 0 Å². The van der Waals surface area contributed by atoms with Gasteiger partial charge in [0.15, 0.2) is 0 Å². The van der Waals surface area contributed by atoms with E-state index in [1.165, 1.54) is 0 Å². The molecule has 1 unspecified atom stereocenters. The van der Waals surface area contributed by atoms with Crippen LogP contribution in [0.1, 0.15) is 12.8 Å². The Labute approximate surface area is 59.7 Å². The third-order valence-corrected chi connectivity index (χ3v) is 1.43. The summed E-state index contributed by atoms with van der Waals surface area (Å²) in [5, 5.41) is 8.28. The van der Waals surface area contributed by atoms with Crippen LogP contribution in [0.2, 0.25) is 0 Å². The quantitative estimate of drug-likeness (QED) is 0.519. The van der Waals surface area contributed by atoms with Gasteiger partial charge in [-0.25, -0.2) is 0 Å². The molecule has 0 fully saturated rings. The summed E-state index contributed by atoms with van der Waals surface area (Å²) in [6, 6.07) is -0.0394. The van der Waals surface area contributed by atoms with Crippen molar-refractivity contribution in [2.24, 2.45) is 4.90 Å². The number of allylic oxidation sites excluding steroid dienone is 1. The van der Waals surface area contributed by atoms with E-state index >= 15 is 0 Å². The summed E-state index contributed by atoms with van der Waals surface area (Å²) < 4.78 is 0. The zero-order valence-corrected chi connectivity index (χ0v) is 5.53. The molecule has 1 aliphatic carbocycles. The van der Waals surface area contributed by atoms with E-state index < -0.39 is 0 Å². The van der Waals surface area contributed by atoms with Crippen LogP contribution in [0.3, 0.4) is 0 Å². The molecule has 0 bridgehead atoms. The van der Waals surface area contributed by atoms with Crippen LogP contribution in [0.25, 0.3) is 0 Å². The van der Waals surface area contributed by atoms with Crippen LogP contribution < -0.4 is 0 Å². The van der Waals surface area contributed by atoms with Crippen LogP contribution in [0.5, 0.6) is 0 Å². The molecule has 1 rings (SSSR count). The molecule has 3 nitrogen and oxygen atoms in total. The van der Waals surface area contributed by atoms with Gasteiger partial charge < -0.3 is 0 Å². The number of ketones is 1. The Hall–Kier alpha value is -0.925. The predicted molar refractivity (Wildman–Crippen MR) is 37.6 cm³/mol. The molecular weight excluding hydrogens is 129 g/mol. The fourth-order valence-corrected chi connectivity index (χ4v) is 0.948. The molecule has 0 heterocycles. The summed E-state index contributed by atoms with van der Waals surface area (Å²) in [6.45, 7) is 0. The molecule has 0 spiro atoms. The van der Waals surface area contributed by atoms with E-state index in [4.69, 9.17) is 5.02 Å². The molecule has 52 valence electrons. The average Bonchev–Trinajstić information content (AvgIpc) is 1.88. The first-order valence-corrected chi connectivity index (χ1v) is 3.18. The molecule has 1 atom stereocenters. The molecule has 4 heteroatoms. The molecule has 1 N–H and O–H groups in total. The van der Waals surface area contributed by atoms with Gasteiger partial charge in [0.25, 0.3) is 0 Å². The summed E-state index contributed by atoms with van der Waals surface area (Å²) in [7, 11) is 0.761. The van der Waals surface area contributed by atoms with Crippen LogP contribution in [-0.2, 0) is 4.79 Å². The van der Waals surface area contributed by atoms with Gasteiger partial charge in [0.2, 0.25) is 0 Å². The molecule has 1 aliphatic rings. The van der Waals surface area contributed by atoms with Crippen LogP contribution >= 0.6 is 0 Å². The van der Waals surface area contributed by atoms with Crippen molar-refractivity contribution in [3.05, 3.63) is 12.2 Å². The summed E-state index contributed by atoms with van der Waals surface area (Å²) in [4.78, 5) is 14.4. The van der Waals surface area contributed by atoms with Crippen LogP contribution in [0.15, 0.2) is 17.0 Å². The van der Waals surface area contributed by atoms with E-state index in [9.17, 15) is 4.79 Å². The van der Waals surface area contributed by atoms with Gasteiger partial charge in [-0.1, -0.05) is 0 Å². The third kappa shape index (κ3) is 1.79. The summed E-state index contributed by atoms with van der Waals surface area (Å²) in [5.41, 5.74) is 0. The number of rotatable bonds is 1. The van der Waals surface area contributed by atoms with E-state index in [1.54, 1.807) is 12.2 Å². The maximum absolute atomic E-state index is 10.7. The van der Waals surface area contributed by atoms with Crippen LogP contribution in [-0.4, -0.2) is 24.1 Å². The number of carbonyl (C=O) groups is 1. The monoisotopic (exact) mass is 137 g/mol. The van der Waals surface area contributed by atoms with Gasteiger partial charge in [0.1, 0.15) is 0 Å². The number of nitrogens with zero attached hydrogens (tertiary/aromatic N) is 1. The molecule has 0 saturated heterocycles. The van der Waals surface area contributed by atoms with E-state index in [1.807, 2.05) is 0 Å². The molecule has 10 heavy (non-hydrogen) atoms. The maximum atomic E-state index is 10.7. The number of hydrogen-bond acceptors (Lipinski definition) is 2. The van der Waals surface area contributed by atoms with Gasteiger partial charge >= 0.3 is 58.8 Å². The van der Waals surface area contributed by atoms with Crippen LogP contribution in [0.4, 0.5) is 0 Å². The zero-order valence-electron chi connectivity index (χ0n) is 5.53. The molecule has 0 amide bonds. The Balaban J connectivity index is 2.52. The van der Waals surface area contributed by atoms with E-state index in [0.717, 1.165) is 13.7 Å². The van der Waals surface area contributed by atoms with Crippen molar-refractivity contribution in [3.63, 3.8) is 0 Å². The summed E-state index contributed by atoms with van der Waals surface area (Å²) in [6.07, 6.45) is 4.52. The zero-order chi connectivity index (χ0) is 7.40. The summed E-state index contributed by atoms with van der Waals surface area (Å²) >= 11 is 0. The first-order chi connectivity index (χ1) is 4.83. The van der Waals surface area contributed by atoms with Crippen molar-refractivity contribution in [3.8, 4) is 0 Å². The van der Waals surface area contributed by atoms with Gasteiger partial charge in [-0.05, 0) is 0 Å². The molecule has 0 saturated carbocycles. The topological polar surface area (TPSA) is 49.7 Å². The normalized spacial score (nSPS) is 25.2. The SMILES string of the molecule is O=C1C=CCC(N=BO)C1. The third-order valence-electron chi connectivity index (χ3n) is 1.43. The molecule has 0 radical (unpaired) electrons. The van der Waals surface area contributed by atoms with Gasteiger partial charge in [-0.15, -0.1) is 0 Å². The van der Waals surface area contributed by atoms with Crippen molar-refractivity contribution in [2.45, 2.75) is 18.9 Å². The van der Waals surface area contributed by atoms with Crippen molar-refractivity contribution in [1.82, 2.24) is 0 Å². The Kier molecular flexibility index (Phi) is 2.37. The van der Waals surface area contributed by atoms with Crippen molar-refractivity contribution < 1.29 is 9.82 Å². The molecule has 0 aliphatic heterocycles. The predicted octanol–water partition coefficient (Wildman–Crippen LogP) is 0.0692. The fraction of sp³-hybridized carbons (Fsp3) is 0.500. The van der Waals surface area contributed by atoms with Gasteiger partial charge in [-0.2, -0.15) is 0 Å². The fourth-order valence-electron chi connectivity index (χ4n) is 0.948. The van der Waals surface area contributed by atoms with Gasteiger partial charge in [0, 0.05) is 0 Å². The second kappa shape index (κ2) is 3.30. The van der Waals surface area contributed by atoms with E-state index in [-0.39, 0.29) is 11.8 Å². The second-order valence-electron chi connectivity index (χ2n) is 2.23. The first-order valence-electron chi connectivity index (χ1n) is 3.18. The van der Waals surface area contributed by atoms with Crippen molar-refractivity contribution in [1.29, 1.82) is 0 Å². The Morgan fingerprint density at radius 3 is 3.20 bits per heavy atom. The molecule has 0 aromatic rings. The Bertz CT molecular complexity index is 188. The van der Waals surface area contributed by atoms with Crippen LogP contribution in [0, 0.1) is 0 Å². The Morgan fingerprint density at radius 2 is 2.60 bits per heavy atom. The minimum absolute atomic E-state index is 0.0394. The van der Waals surface area contributed by atoms with Gasteiger partial charge in [0.05, 0.1) is 0 Å². The second-order valence-corrected chi connectivity index (χ2v) is 2.23. The average molecular weight is 137 g/mol. The molecular formula is C6H8BNO2. The summed E-state index contributed by atoms with van der Waals surface area (Å²) in [5.74, 6) is 0.0850. The Morgan fingerprint density at radius 1 is 1.80 bits per heavy atom. The first kappa shape index (κ1) is 7.19. The van der Waals surface area contributed by atoms with E-state index in [2.05, 4.69) is 4.90 Å². The molecule has 0 aromatic heterocycles. The standard InChI is InChI=1S/C6H8BNO2/c9-6-3-1-2-5(4-6)8-7-10/h1,3,5,10H,2,4H2.